The molecular formula is C8H20N2O2. The highest BCUT2D eigenvalue weighted by Gasteiger charge is 2.05. The van der Waals surface area contributed by atoms with E-state index in [1.807, 2.05) is 0 Å². The van der Waals surface area contributed by atoms with Gasteiger partial charge in [-0.15, -0.1) is 0 Å². The minimum atomic E-state index is 0.198. The Bertz CT molecular complexity index is 85.1. The summed E-state index contributed by atoms with van der Waals surface area (Å²) < 4.78 is 4.98. The van der Waals surface area contributed by atoms with Crippen molar-refractivity contribution < 1.29 is 9.84 Å². The summed E-state index contributed by atoms with van der Waals surface area (Å²) in [6.45, 7) is 2.44. The van der Waals surface area contributed by atoms with Crippen LogP contribution in [0.1, 0.15) is 12.8 Å². The van der Waals surface area contributed by atoms with Crippen LogP contribution < -0.4 is 11.1 Å². The van der Waals surface area contributed by atoms with Crippen molar-refractivity contribution >= 4 is 0 Å². The van der Waals surface area contributed by atoms with E-state index < -0.39 is 0 Å². The van der Waals surface area contributed by atoms with Gasteiger partial charge in [-0.05, 0) is 25.9 Å². The summed E-state index contributed by atoms with van der Waals surface area (Å²) in [7, 11) is 1.66. The van der Waals surface area contributed by atoms with Gasteiger partial charge in [0.05, 0.1) is 6.61 Å². The molecule has 12 heavy (non-hydrogen) atoms. The predicted molar refractivity (Wildman–Crippen MR) is 49.0 cm³/mol. The van der Waals surface area contributed by atoms with Gasteiger partial charge in [0, 0.05) is 19.8 Å². The topological polar surface area (TPSA) is 67.5 Å². The summed E-state index contributed by atoms with van der Waals surface area (Å²) >= 11 is 0. The smallest absolute Gasteiger partial charge is 0.0616 e. The first-order chi connectivity index (χ1) is 5.85. The van der Waals surface area contributed by atoms with Crippen LogP contribution in [-0.4, -0.2) is 44.6 Å². The molecule has 0 bridgehead atoms. The summed E-state index contributed by atoms with van der Waals surface area (Å²) in [5, 5.41) is 12.0. The monoisotopic (exact) mass is 176 g/mol. The van der Waals surface area contributed by atoms with Gasteiger partial charge in [-0.3, -0.25) is 0 Å². The van der Waals surface area contributed by atoms with E-state index in [9.17, 15) is 0 Å². The van der Waals surface area contributed by atoms with E-state index in [0.29, 0.717) is 13.2 Å². The van der Waals surface area contributed by atoms with Gasteiger partial charge in [-0.1, -0.05) is 0 Å². The number of rotatable bonds is 8. The first-order valence-corrected chi connectivity index (χ1v) is 4.38. The highest BCUT2D eigenvalue weighted by atomic mass is 16.5. The van der Waals surface area contributed by atoms with Crippen molar-refractivity contribution in [3.05, 3.63) is 0 Å². The summed E-state index contributed by atoms with van der Waals surface area (Å²) in [5.41, 5.74) is 5.34. The van der Waals surface area contributed by atoms with Crippen LogP contribution in [0.2, 0.25) is 0 Å². The molecule has 4 nitrogen and oxygen atoms in total. The van der Waals surface area contributed by atoms with Gasteiger partial charge in [-0.25, -0.2) is 0 Å². The molecular weight excluding hydrogens is 156 g/mol. The maximum absolute atomic E-state index is 8.70. The first kappa shape index (κ1) is 11.8. The fourth-order valence-corrected chi connectivity index (χ4v) is 1.01. The fourth-order valence-electron chi connectivity index (χ4n) is 1.01. The van der Waals surface area contributed by atoms with Crippen LogP contribution in [0.3, 0.4) is 0 Å². The SMILES string of the molecule is COCC(CCO)NCCCN. The van der Waals surface area contributed by atoms with E-state index in [4.69, 9.17) is 15.6 Å². The number of nitrogens with two attached hydrogens (primary N) is 1. The molecule has 0 fully saturated rings. The molecule has 0 amide bonds. The molecule has 1 atom stereocenters. The lowest BCUT2D eigenvalue weighted by atomic mass is 10.2. The lowest BCUT2D eigenvalue weighted by Gasteiger charge is -2.16. The van der Waals surface area contributed by atoms with Crippen molar-refractivity contribution in [1.29, 1.82) is 0 Å². The zero-order valence-corrected chi connectivity index (χ0v) is 7.75. The molecule has 0 aromatic heterocycles. The maximum atomic E-state index is 8.70. The third-order valence-electron chi connectivity index (χ3n) is 1.66. The van der Waals surface area contributed by atoms with Gasteiger partial charge in [0.1, 0.15) is 0 Å². The minimum absolute atomic E-state index is 0.198. The lowest BCUT2D eigenvalue weighted by Crippen LogP contribution is -2.35. The van der Waals surface area contributed by atoms with Gasteiger partial charge >= 0.3 is 0 Å². The molecule has 0 saturated carbocycles. The Morgan fingerprint density at radius 3 is 2.83 bits per heavy atom. The second kappa shape index (κ2) is 8.93. The van der Waals surface area contributed by atoms with Crippen LogP contribution in [0.4, 0.5) is 0 Å². The number of aliphatic hydroxyl groups excluding tert-OH is 1. The first-order valence-electron chi connectivity index (χ1n) is 4.38. The lowest BCUT2D eigenvalue weighted by molar-refractivity contribution is 0.148. The van der Waals surface area contributed by atoms with Crippen LogP contribution in [0.5, 0.6) is 0 Å². The Kier molecular flexibility index (Phi) is 8.81. The molecule has 0 spiro atoms. The van der Waals surface area contributed by atoms with Crippen molar-refractivity contribution in [2.45, 2.75) is 18.9 Å². The Morgan fingerprint density at radius 1 is 1.58 bits per heavy atom. The van der Waals surface area contributed by atoms with Crippen LogP contribution in [0.15, 0.2) is 0 Å². The summed E-state index contributed by atoms with van der Waals surface area (Å²) in [4.78, 5) is 0. The summed E-state index contributed by atoms with van der Waals surface area (Å²) in [5.74, 6) is 0. The van der Waals surface area contributed by atoms with Gasteiger partial charge in [-0.2, -0.15) is 0 Å². The number of ether oxygens (including phenoxy) is 1. The average molecular weight is 176 g/mol. The van der Waals surface area contributed by atoms with Crippen LogP contribution in [-0.2, 0) is 4.74 Å². The van der Waals surface area contributed by atoms with E-state index in [2.05, 4.69) is 5.32 Å². The molecule has 0 aliphatic heterocycles. The van der Waals surface area contributed by atoms with Crippen LogP contribution in [0.25, 0.3) is 0 Å². The van der Waals surface area contributed by atoms with E-state index in [1.54, 1.807) is 7.11 Å². The second-order valence-corrected chi connectivity index (χ2v) is 2.76. The molecule has 4 heteroatoms. The second-order valence-electron chi connectivity index (χ2n) is 2.76. The van der Waals surface area contributed by atoms with Gasteiger partial charge in [0.15, 0.2) is 0 Å². The van der Waals surface area contributed by atoms with E-state index in [1.165, 1.54) is 0 Å². The van der Waals surface area contributed by atoms with E-state index in [0.717, 1.165) is 19.4 Å². The molecule has 0 radical (unpaired) electrons. The third kappa shape index (κ3) is 6.54. The highest BCUT2D eigenvalue weighted by molar-refractivity contribution is 4.65. The third-order valence-corrected chi connectivity index (χ3v) is 1.66. The molecule has 74 valence electrons. The molecule has 4 N–H and O–H groups in total. The minimum Gasteiger partial charge on any atom is -0.396 e. The Morgan fingerprint density at radius 2 is 2.33 bits per heavy atom. The van der Waals surface area contributed by atoms with Gasteiger partial charge in [0.2, 0.25) is 0 Å². The molecule has 0 aromatic rings. The highest BCUT2D eigenvalue weighted by Crippen LogP contribution is 1.91. The Hall–Kier alpha value is -0.160. The zero-order valence-electron chi connectivity index (χ0n) is 7.75. The summed E-state index contributed by atoms with van der Waals surface area (Å²) in [6, 6.07) is 0.256. The number of nitrogens with one attached hydrogen (secondary N) is 1. The molecule has 0 saturated heterocycles. The average Bonchev–Trinajstić information content (AvgIpc) is 2.06. The fraction of sp³-hybridized carbons (Fsp3) is 1.00. The van der Waals surface area contributed by atoms with E-state index in [-0.39, 0.29) is 12.6 Å². The van der Waals surface area contributed by atoms with Crippen molar-refractivity contribution in [2.24, 2.45) is 5.73 Å². The molecule has 0 heterocycles. The Labute approximate surface area is 74.1 Å². The van der Waals surface area contributed by atoms with Crippen LogP contribution in [0, 0.1) is 0 Å². The van der Waals surface area contributed by atoms with Gasteiger partial charge < -0.3 is 20.9 Å². The molecule has 0 aliphatic carbocycles. The predicted octanol–water partition coefficient (Wildman–Crippen LogP) is -0.678. The largest absolute Gasteiger partial charge is 0.396 e. The van der Waals surface area contributed by atoms with Crippen molar-refractivity contribution in [1.82, 2.24) is 5.32 Å². The van der Waals surface area contributed by atoms with Crippen molar-refractivity contribution in [3.63, 3.8) is 0 Å². The quantitative estimate of drug-likeness (QED) is 0.429. The number of methoxy groups -OCH3 is 1. The van der Waals surface area contributed by atoms with Gasteiger partial charge in [0.25, 0.3) is 0 Å². The number of hydrogen-bond acceptors (Lipinski definition) is 4. The van der Waals surface area contributed by atoms with Crippen molar-refractivity contribution in [2.75, 3.05) is 33.4 Å². The zero-order chi connectivity index (χ0) is 9.23. The number of hydrogen-bond donors (Lipinski definition) is 3. The molecule has 0 rings (SSSR count). The summed E-state index contributed by atoms with van der Waals surface area (Å²) in [6.07, 6.45) is 1.70. The number of aliphatic hydroxyl groups is 1. The Balaban J connectivity index is 3.34. The standard InChI is InChI=1S/C8H20N2O2/c1-12-7-8(3-6-11)10-5-2-4-9/h8,10-11H,2-7,9H2,1H3. The molecule has 0 aromatic carbocycles. The van der Waals surface area contributed by atoms with Crippen molar-refractivity contribution in [3.8, 4) is 0 Å². The maximum Gasteiger partial charge on any atom is 0.0616 e. The molecule has 1 unspecified atom stereocenters. The normalized spacial score (nSPS) is 13.2. The molecule has 0 aliphatic rings. The van der Waals surface area contributed by atoms with E-state index >= 15 is 0 Å². The van der Waals surface area contributed by atoms with Crippen LogP contribution >= 0.6 is 0 Å².